The van der Waals surface area contributed by atoms with Crippen LogP contribution in [0.4, 0.5) is 5.95 Å². The van der Waals surface area contributed by atoms with Crippen LogP contribution >= 0.6 is 11.6 Å². The van der Waals surface area contributed by atoms with E-state index >= 15 is 0 Å². The topological polar surface area (TPSA) is 88.2 Å². The number of hydrazine groups is 1. The monoisotopic (exact) mass is 251 g/mol. The van der Waals surface area contributed by atoms with E-state index in [0.717, 1.165) is 0 Å². The maximum absolute atomic E-state index is 9.41. The summed E-state index contributed by atoms with van der Waals surface area (Å²) in [5, 5.41) is 11.1. The Kier molecular flexibility index (Phi) is 3.08. The molecule has 1 heterocycles. The van der Waals surface area contributed by atoms with Crippen molar-refractivity contribution in [3.05, 3.63) is 29.3 Å². The van der Waals surface area contributed by atoms with Gasteiger partial charge in [0.1, 0.15) is 0 Å². The molecule has 88 valence electrons. The van der Waals surface area contributed by atoms with Crippen LogP contribution in [0.2, 0.25) is 5.02 Å². The molecule has 2 aromatic rings. The summed E-state index contributed by atoms with van der Waals surface area (Å²) in [5.41, 5.74) is 0.606. The fourth-order valence-electron chi connectivity index (χ4n) is 1.27. The average molecular weight is 252 g/mol. The molecule has 0 amide bonds. The highest BCUT2D eigenvalue weighted by molar-refractivity contribution is 6.33. The van der Waals surface area contributed by atoms with Crippen molar-refractivity contribution in [2.24, 2.45) is 5.84 Å². The van der Waals surface area contributed by atoms with Gasteiger partial charge in [0.25, 0.3) is 0 Å². The van der Waals surface area contributed by atoms with Crippen LogP contribution in [0.25, 0.3) is 11.4 Å². The van der Waals surface area contributed by atoms with Gasteiger partial charge in [0.2, 0.25) is 5.95 Å². The molecule has 1 aromatic heterocycles. The highest BCUT2D eigenvalue weighted by Gasteiger charge is 2.11. The molecule has 0 saturated heterocycles. The predicted octanol–water partition coefficient (Wildman–Crippen LogP) is 1.21. The van der Waals surface area contributed by atoms with E-state index < -0.39 is 6.01 Å². The standard InChI is InChI=1S/C10H10ClN5O/c1-16(12)9-13-8(14-10(17)15-9)6-4-2-3-5-7(6)11/h2-5H,12H2,1H3,(H,13,14,15,17). The van der Waals surface area contributed by atoms with E-state index in [1.165, 1.54) is 5.01 Å². The summed E-state index contributed by atoms with van der Waals surface area (Å²) in [4.78, 5) is 11.6. The first kappa shape index (κ1) is 11.6. The number of nitrogens with two attached hydrogens (primary N) is 1. The molecule has 1 aromatic carbocycles. The van der Waals surface area contributed by atoms with E-state index in [4.69, 9.17) is 17.4 Å². The third kappa shape index (κ3) is 2.43. The van der Waals surface area contributed by atoms with Crippen molar-refractivity contribution in [1.29, 1.82) is 0 Å². The van der Waals surface area contributed by atoms with E-state index in [1.54, 1.807) is 31.3 Å². The number of hydrogen-bond donors (Lipinski definition) is 2. The second kappa shape index (κ2) is 4.52. The Hall–Kier alpha value is -1.92. The number of benzene rings is 1. The average Bonchev–Trinajstić information content (AvgIpc) is 2.28. The second-order valence-corrected chi connectivity index (χ2v) is 3.76. The first-order valence-corrected chi connectivity index (χ1v) is 5.14. The lowest BCUT2D eigenvalue weighted by Gasteiger charge is -2.10. The molecule has 0 aliphatic carbocycles. The molecular formula is C10H10ClN5O. The number of anilines is 1. The van der Waals surface area contributed by atoms with E-state index in [-0.39, 0.29) is 11.8 Å². The van der Waals surface area contributed by atoms with Gasteiger partial charge in [-0.3, -0.25) is 5.01 Å². The Labute approximate surface area is 103 Å². The maximum Gasteiger partial charge on any atom is 0.319 e. The first-order valence-electron chi connectivity index (χ1n) is 4.76. The van der Waals surface area contributed by atoms with Crippen LogP contribution in [0.3, 0.4) is 0 Å². The van der Waals surface area contributed by atoms with Crippen molar-refractivity contribution in [1.82, 2.24) is 15.0 Å². The molecule has 0 radical (unpaired) electrons. The van der Waals surface area contributed by atoms with Crippen LogP contribution < -0.4 is 10.9 Å². The summed E-state index contributed by atoms with van der Waals surface area (Å²) in [6.07, 6.45) is 0. The molecular weight excluding hydrogens is 242 g/mol. The Morgan fingerprint density at radius 2 is 1.94 bits per heavy atom. The minimum atomic E-state index is -0.401. The van der Waals surface area contributed by atoms with Crippen LogP contribution in [0.5, 0.6) is 6.01 Å². The highest BCUT2D eigenvalue weighted by Crippen LogP contribution is 2.26. The van der Waals surface area contributed by atoms with Crippen LogP contribution in [-0.4, -0.2) is 27.1 Å². The third-order valence-electron chi connectivity index (χ3n) is 2.04. The lowest BCUT2D eigenvalue weighted by atomic mass is 10.2. The number of nitrogens with zero attached hydrogens (tertiary/aromatic N) is 4. The number of rotatable bonds is 2. The summed E-state index contributed by atoms with van der Waals surface area (Å²) in [6, 6.07) is 6.65. The SMILES string of the molecule is CN(N)c1nc(O)nc(-c2ccccc2Cl)n1. The largest absolute Gasteiger partial charge is 0.479 e. The zero-order chi connectivity index (χ0) is 12.4. The molecule has 17 heavy (non-hydrogen) atoms. The molecule has 3 N–H and O–H groups in total. The van der Waals surface area contributed by atoms with Crippen molar-refractivity contribution in [2.45, 2.75) is 0 Å². The summed E-state index contributed by atoms with van der Waals surface area (Å²) < 4.78 is 0. The smallest absolute Gasteiger partial charge is 0.319 e. The number of hydrogen-bond acceptors (Lipinski definition) is 6. The van der Waals surface area contributed by atoms with Crippen molar-refractivity contribution in [2.75, 3.05) is 12.1 Å². The molecule has 2 rings (SSSR count). The van der Waals surface area contributed by atoms with Gasteiger partial charge in [-0.1, -0.05) is 23.7 Å². The molecule has 0 aliphatic rings. The molecule has 0 saturated carbocycles. The van der Waals surface area contributed by atoms with E-state index in [1.807, 2.05) is 0 Å². The summed E-state index contributed by atoms with van der Waals surface area (Å²) in [5.74, 6) is 5.94. The number of halogens is 1. The van der Waals surface area contributed by atoms with Crippen LogP contribution in [0.15, 0.2) is 24.3 Å². The second-order valence-electron chi connectivity index (χ2n) is 3.35. The predicted molar refractivity (Wildman–Crippen MR) is 64.5 cm³/mol. The molecule has 0 unspecified atom stereocenters. The lowest BCUT2D eigenvalue weighted by Crippen LogP contribution is -2.27. The molecule has 0 fully saturated rings. The summed E-state index contributed by atoms with van der Waals surface area (Å²) in [7, 11) is 1.56. The van der Waals surface area contributed by atoms with Crippen molar-refractivity contribution < 1.29 is 5.11 Å². The van der Waals surface area contributed by atoms with Gasteiger partial charge in [0.15, 0.2) is 5.82 Å². The molecule has 0 bridgehead atoms. The molecule has 0 spiro atoms. The van der Waals surface area contributed by atoms with Gasteiger partial charge in [0, 0.05) is 12.6 Å². The van der Waals surface area contributed by atoms with Gasteiger partial charge in [0.05, 0.1) is 5.02 Å². The highest BCUT2D eigenvalue weighted by atomic mass is 35.5. The van der Waals surface area contributed by atoms with Crippen LogP contribution in [0, 0.1) is 0 Å². The zero-order valence-corrected chi connectivity index (χ0v) is 9.76. The van der Waals surface area contributed by atoms with E-state index in [2.05, 4.69) is 15.0 Å². The fourth-order valence-corrected chi connectivity index (χ4v) is 1.49. The Morgan fingerprint density at radius 1 is 1.24 bits per heavy atom. The van der Waals surface area contributed by atoms with E-state index in [9.17, 15) is 5.11 Å². The van der Waals surface area contributed by atoms with Gasteiger partial charge in [-0.15, -0.1) is 0 Å². The quantitative estimate of drug-likeness (QED) is 0.616. The summed E-state index contributed by atoms with van der Waals surface area (Å²) in [6.45, 7) is 0. The van der Waals surface area contributed by atoms with Gasteiger partial charge >= 0.3 is 6.01 Å². The van der Waals surface area contributed by atoms with Gasteiger partial charge in [-0.05, 0) is 12.1 Å². The van der Waals surface area contributed by atoms with Crippen molar-refractivity contribution in [3.63, 3.8) is 0 Å². The lowest BCUT2D eigenvalue weighted by molar-refractivity contribution is 0.429. The Morgan fingerprint density at radius 3 is 2.59 bits per heavy atom. The van der Waals surface area contributed by atoms with Crippen LogP contribution in [-0.2, 0) is 0 Å². The molecule has 6 nitrogen and oxygen atoms in total. The van der Waals surface area contributed by atoms with Crippen molar-refractivity contribution in [3.8, 4) is 17.4 Å². The number of aromatic hydroxyl groups is 1. The molecule has 0 atom stereocenters. The van der Waals surface area contributed by atoms with E-state index in [0.29, 0.717) is 10.6 Å². The van der Waals surface area contributed by atoms with Crippen molar-refractivity contribution >= 4 is 17.5 Å². The first-order chi connectivity index (χ1) is 8.08. The minimum absolute atomic E-state index is 0.160. The third-order valence-corrected chi connectivity index (χ3v) is 2.37. The normalized spacial score (nSPS) is 10.3. The van der Waals surface area contributed by atoms with Crippen LogP contribution in [0.1, 0.15) is 0 Å². The van der Waals surface area contributed by atoms with Gasteiger partial charge < -0.3 is 5.11 Å². The summed E-state index contributed by atoms with van der Waals surface area (Å²) >= 11 is 6.02. The maximum atomic E-state index is 9.41. The number of aromatic nitrogens is 3. The Bertz CT molecular complexity index is 546. The Balaban J connectivity index is 2.56. The zero-order valence-electron chi connectivity index (χ0n) is 9.00. The minimum Gasteiger partial charge on any atom is -0.479 e. The fraction of sp³-hybridized carbons (Fsp3) is 0.100. The molecule has 0 aliphatic heterocycles. The van der Waals surface area contributed by atoms with Gasteiger partial charge in [-0.2, -0.15) is 15.0 Å². The van der Waals surface area contributed by atoms with Gasteiger partial charge in [-0.25, -0.2) is 5.84 Å². The molecule has 7 heteroatoms.